The van der Waals surface area contributed by atoms with Gasteiger partial charge in [-0.25, -0.2) is 9.18 Å². The van der Waals surface area contributed by atoms with Gasteiger partial charge in [0, 0.05) is 5.75 Å². The topological polar surface area (TPSA) is 78.9 Å². The highest BCUT2D eigenvalue weighted by atomic mass is 32.2. The molecule has 0 aliphatic carbocycles. The molecular weight excluding hydrogens is 323 g/mol. The third-order valence-electron chi connectivity index (χ3n) is 3.93. The molecule has 23 heavy (non-hydrogen) atoms. The van der Waals surface area contributed by atoms with Crippen LogP contribution in [-0.2, 0) is 4.79 Å². The zero-order chi connectivity index (χ0) is 16.4. The van der Waals surface area contributed by atoms with Crippen molar-refractivity contribution >= 4 is 23.7 Å². The number of thioether (sulfide) groups is 1. The fourth-order valence-electron chi connectivity index (χ4n) is 2.69. The number of rotatable bonds is 5. The first-order valence-corrected chi connectivity index (χ1v) is 8.44. The molecule has 124 valence electrons. The van der Waals surface area contributed by atoms with Crippen LogP contribution >= 0.6 is 11.8 Å². The van der Waals surface area contributed by atoms with Gasteiger partial charge >= 0.3 is 6.03 Å². The van der Waals surface area contributed by atoms with Gasteiger partial charge in [-0.2, -0.15) is 11.8 Å². The maximum absolute atomic E-state index is 13.4. The molecular formula is C15H17FN2O4S. The van der Waals surface area contributed by atoms with Gasteiger partial charge in [-0.3, -0.25) is 9.69 Å². The van der Waals surface area contributed by atoms with Crippen LogP contribution in [0.15, 0.2) is 24.3 Å². The summed E-state index contributed by atoms with van der Waals surface area (Å²) in [7, 11) is 0. The van der Waals surface area contributed by atoms with Crippen LogP contribution in [0.1, 0.15) is 6.42 Å². The summed E-state index contributed by atoms with van der Waals surface area (Å²) in [5, 5.41) is 12.7. The first-order valence-electron chi connectivity index (χ1n) is 7.29. The van der Waals surface area contributed by atoms with Gasteiger partial charge in [0.2, 0.25) is 0 Å². The highest BCUT2D eigenvalue weighted by molar-refractivity contribution is 7.99. The molecule has 1 aromatic rings. The fraction of sp³-hybridized carbons (Fsp3) is 0.467. The summed E-state index contributed by atoms with van der Waals surface area (Å²) in [6, 6.07) is 5.35. The molecule has 2 N–H and O–H groups in total. The smallest absolute Gasteiger partial charge is 0.325 e. The highest BCUT2D eigenvalue weighted by Crippen LogP contribution is 2.33. The number of ether oxygens (including phenoxy) is 1. The Morgan fingerprint density at radius 2 is 2.22 bits per heavy atom. The maximum atomic E-state index is 13.4. The minimum atomic E-state index is -1.09. The van der Waals surface area contributed by atoms with E-state index in [2.05, 4.69) is 5.32 Å². The average Bonchev–Trinajstić information content (AvgIpc) is 3.08. The van der Waals surface area contributed by atoms with E-state index in [1.165, 1.54) is 18.2 Å². The van der Waals surface area contributed by atoms with Crippen molar-refractivity contribution in [3.8, 4) is 5.75 Å². The van der Waals surface area contributed by atoms with E-state index in [4.69, 9.17) is 4.74 Å². The second kappa shape index (κ2) is 6.37. The van der Waals surface area contributed by atoms with Gasteiger partial charge < -0.3 is 15.2 Å². The maximum Gasteiger partial charge on any atom is 0.325 e. The monoisotopic (exact) mass is 340 g/mol. The van der Waals surface area contributed by atoms with E-state index in [0.717, 1.165) is 10.7 Å². The molecule has 2 atom stereocenters. The Balaban J connectivity index is 1.57. The predicted octanol–water partition coefficient (Wildman–Crippen LogP) is 0.993. The largest absolute Gasteiger partial charge is 0.488 e. The van der Waals surface area contributed by atoms with E-state index in [1.54, 1.807) is 17.8 Å². The minimum absolute atomic E-state index is 0.0208. The molecule has 2 aliphatic heterocycles. The number of hydrogen-bond donors (Lipinski definition) is 2. The Morgan fingerprint density at radius 1 is 1.43 bits per heavy atom. The summed E-state index contributed by atoms with van der Waals surface area (Å²) < 4.78 is 18.6. The lowest BCUT2D eigenvalue weighted by Crippen LogP contribution is -2.47. The molecule has 0 aromatic heterocycles. The number of amides is 3. The summed E-state index contributed by atoms with van der Waals surface area (Å²) in [5.41, 5.74) is -0.826. The number of para-hydroxylation sites is 1. The van der Waals surface area contributed by atoms with E-state index < -0.39 is 23.5 Å². The van der Waals surface area contributed by atoms with Crippen LogP contribution in [-0.4, -0.2) is 58.2 Å². The molecule has 0 unspecified atom stereocenters. The Hall–Kier alpha value is -1.80. The number of aliphatic hydroxyl groups is 1. The Kier molecular flexibility index (Phi) is 4.45. The molecule has 2 aliphatic rings. The Bertz CT molecular complexity index is 621. The normalized spacial score (nSPS) is 25.0. The molecule has 0 bridgehead atoms. The molecule has 6 nitrogen and oxygen atoms in total. The molecule has 0 saturated carbocycles. The summed E-state index contributed by atoms with van der Waals surface area (Å²) in [5.74, 6) is 0.552. The van der Waals surface area contributed by atoms with Crippen molar-refractivity contribution < 1.29 is 23.8 Å². The number of urea groups is 1. The van der Waals surface area contributed by atoms with Crippen molar-refractivity contribution in [2.24, 2.45) is 0 Å². The van der Waals surface area contributed by atoms with Crippen molar-refractivity contribution in [2.45, 2.75) is 18.1 Å². The van der Waals surface area contributed by atoms with Crippen LogP contribution in [0.4, 0.5) is 9.18 Å². The number of halogens is 1. The lowest BCUT2D eigenvalue weighted by atomic mass is 9.99. The van der Waals surface area contributed by atoms with E-state index in [0.29, 0.717) is 12.2 Å². The van der Waals surface area contributed by atoms with Crippen LogP contribution in [0.2, 0.25) is 0 Å². The number of benzene rings is 1. The molecule has 3 amide bonds. The molecule has 2 heterocycles. The van der Waals surface area contributed by atoms with Crippen molar-refractivity contribution in [1.29, 1.82) is 0 Å². The Labute approximate surface area is 137 Å². The highest BCUT2D eigenvalue weighted by Gasteiger charge is 2.53. The van der Waals surface area contributed by atoms with Gasteiger partial charge in [0.25, 0.3) is 5.91 Å². The van der Waals surface area contributed by atoms with Gasteiger partial charge in [-0.05, 0) is 24.3 Å². The van der Waals surface area contributed by atoms with Crippen LogP contribution in [0, 0.1) is 5.82 Å². The van der Waals surface area contributed by atoms with Gasteiger partial charge in [-0.1, -0.05) is 12.1 Å². The average molecular weight is 340 g/mol. The molecule has 1 spiro atoms. The van der Waals surface area contributed by atoms with E-state index in [1.807, 2.05) is 0 Å². The van der Waals surface area contributed by atoms with Crippen LogP contribution < -0.4 is 10.1 Å². The first kappa shape index (κ1) is 16.1. The number of β-amino-alcohol motifs (C(OH)–C–C–N with tert-alkyl or cyclic N) is 1. The van der Waals surface area contributed by atoms with Crippen LogP contribution in [0.5, 0.6) is 5.75 Å². The standard InChI is InChI=1S/C15H17FN2O4S/c16-11-3-1-2-4-12(11)22-8-10(19)7-18-13(20)15(17-14(18)21)5-6-23-9-15/h1-4,10,19H,5-9H2,(H,17,21)/t10-,15-/m0/s1. The van der Waals surface area contributed by atoms with E-state index in [9.17, 15) is 19.1 Å². The second-order valence-electron chi connectivity index (χ2n) is 5.63. The van der Waals surface area contributed by atoms with Crippen LogP contribution in [0.25, 0.3) is 0 Å². The second-order valence-corrected chi connectivity index (χ2v) is 6.73. The number of nitrogens with one attached hydrogen (secondary N) is 1. The Morgan fingerprint density at radius 3 is 2.91 bits per heavy atom. The van der Waals surface area contributed by atoms with Crippen molar-refractivity contribution in [3.63, 3.8) is 0 Å². The van der Waals surface area contributed by atoms with Crippen LogP contribution in [0.3, 0.4) is 0 Å². The van der Waals surface area contributed by atoms with Gasteiger partial charge in [0.1, 0.15) is 18.2 Å². The number of aliphatic hydroxyl groups excluding tert-OH is 1. The SMILES string of the molecule is O=C1N[C@]2(CCSC2)C(=O)N1C[C@H](O)COc1ccccc1F. The lowest BCUT2D eigenvalue weighted by molar-refractivity contribution is -0.131. The van der Waals surface area contributed by atoms with Crippen molar-refractivity contribution in [2.75, 3.05) is 24.7 Å². The zero-order valence-corrected chi connectivity index (χ0v) is 13.1. The van der Waals surface area contributed by atoms with Gasteiger partial charge in [0.15, 0.2) is 11.6 Å². The number of hydrogen-bond acceptors (Lipinski definition) is 5. The molecule has 1 aromatic carbocycles. The molecule has 2 fully saturated rings. The number of nitrogens with zero attached hydrogens (tertiary/aromatic N) is 1. The number of carbonyl (C=O) groups is 2. The minimum Gasteiger partial charge on any atom is -0.488 e. The van der Waals surface area contributed by atoms with Crippen molar-refractivity contribution in [1.82, 2.24) is 10.2 Å². The molecule has 3 rings (SSSR count). The van der Waals surface area contributed by atoms with E-state index >= 15 is 0 Å². The summed E-state index contributed by atoms with van der Waals surface area (Å²) >= 11 is 1.61. The lowest BCUT2D eigenvalue weighted by Gasteiger charge is -2.21. The fourth-order valence-corrected chi connectivity index (χ4v) is 4.01. The van der Waals surface area contributed by atoms with Gasteiger partial charge in [0.05, 0.1) is 6.54 Å². The summed E-state index contributed by atoms with van der Waals surface area (Å²) in [4.78, 5) is 25.4. The van der Waals surface area contributed by atoms with Gasteiger partial charge in [-0.15, -0.1) is 0 Å². The zero-order valence-electron chi connectivity index (χ0n) is 12.3. The summed E-state index contributed by atoms with van der Waals surface area (Å²) in [6.45, 7) is -0.384. The number of imide groups is 1. The molecule has 8 heteroatoms. The van der Waals surface area contributed by atoms with Crippen molar-refractivity contribution in [3.05, 3.63) is 30.1 Å². The predicted molar refractivity (Wildman–Crippen MR) is 82.8 cm³/mol. The third-order valence-corrected chi connectivity index (χ3v) is 5.12. The first-order chi connectivity index (χ1) is 11.0. The molecule has 0 radical (unpaired) electrons. The third kappa shape index (κ3) is 3.13. The number of carbonyl (C=O) groups excluding carboxylic acids is 2. The van der Waals surface area contributed by atoms with E-state index in [-0.39, 0.29) is 24.8 Å². The summed E-state index contributed by atoms with van der Waals surface area (Å²) in [6.07, 6.45) is -0.492. The quantitative estimate of drug-likeness (QED) is 0.782. The molecule has 2 saturated heterocycles.